The highest BCUT2D eigenvalue weighted by atomic mass is 16.6. The normalized spacial score (nSPS) is 25.7. The Morgan fingerprint density at radius 1 is 0.923 bits per heavy atom. The Balaban J connectivity index is 1.36. The molecule has 7 heteroatoms. The zero-order chi connectivity index (χ0) is 18.5. The largest absolute Gasteiger partial charge is 0.449 e. The number of fused-ring (bicyclic) bond motifs is 1. The van der Waals surface area contributed by atoms with Gasteiger partial charge >= 0.3 is 6.09 Å². The van der Waals surface area contributed by atoms with Crippen LogP contribution in [0, 0.1) is 17.8 Å². The molecule has 0 aromatic heterocycles. The Hall–Kier alpha value is -1.15. The summed E-state index contributed by atoms with van der Waals surface area (Å²) in [5, 5.41) is 2.73. The Kier molecular flexibility index (Phi) is 10.6. The summed E-state index contributed by atoms with van der Waals surface area (Å²) in [4.78, 5) is 11.7. The van der Waals surface area contributed by atoms with Gasteiger partial charge in [0, 0.05) is 13.1 Å². The van der Waals surface area contributed by atoms with Crippen molar-refractivity contribution in [3.8, 4) is 0 Å². The molecule has 1 saturated carbocycles. The van der Waals surface area contributed by atoms with Gasteiger partial charge in [0.2, 0.25) is 0 Å². The van der Waals surface area contributed by atoms with Gasteiger partial charge in [-0.25, -0.2) is 4.79 Å². The van der Waals surface area contributed by atoms with E-state index in [4.69, 9.17) is 24.7 Å². The van der Waals surface area contributed by atoms with Crippen molar-refractivity contribution < 1.29 is 23.7 Å². The van der Waals surface area contributed by atoms with Crippen LogP contribution in [-0.2, 0) is 18.9 Å². The second kappa shape index (κ2) is 13.1. The number of carbonyl (C=O) groups is 1. The molecule has 0 unspecified atom stereocenters. The third kappa shape index (κ3) is 8.49. The summed E-state index contributed by atoms with van der Waals surface area (Å²) in [6.45, 7) is 4.60. The molecule has 0 radical (unpaired) electrons. The number of rotatable bonds is 13. The van der Waals surface area contributed by atoms with Crippen molar-refractivity contribution in [1.82, 2.24) is 5.32 Å². The van der Waals surface area contributed by atoms with Crippen LogP contribution < -0.4 is 11.1 Å². The highest BCUT2D eigenvalue weighted by Crippen LogP contribution is 2.52. The maximum atomic E-state index is 11.7. The molecule has 1 fully saturated rings. The fourth-order valence-electron chi connectivity index (χ4n) is 3.51. The summed E-state index contributed by atoms with van der Waals surface area (Å²) in [5.41, 5.74) is 5.31. The lowest BCUT2D eigenvalue weighted by atomic mass is 10.1. The lowest BCUT2D eigenvalue weighted by molar-refractivity contribution is 0.0165. The molecule has 7 nitrogen and oxygen atoms in total. The molecule has 0 spiro atoms. The maximum absolute atomic E-state index is 11.7. The number of hydrogen-bond donors (Lipinski definition) is 2. The van der Waals surface area contributed by atoms with Gasteiger partial charge in [0.25, 0.3) is 0 Å². The minimum atomic E-state index is -0.348. The molecule has 3 N–H and O–H groups in total. The maximum Gasteiger partial charge on any atom is 0.407 e. The average Bonchev–Trinajstić information content (AvgIpc) is 3.27. The molecule has 0 aromatic carbocycles. The second-order valence-electron chi connectivity index (χ2n) is 6.77. The van der Waals surface area contributed by atoms with Crippen LogP contribution in [-0.4, -0.2) is 65.4 Å². The number of ether oxygens (including phenoxy) is 4. The van der Waals surface area contributed by atoms with E-state index in [1.54, 1.807) is 0 Å². The van der Waals surface area contributed by atoms with Crippen LogP contribution in [0.15, 0.2) is 12.2 Å². The van der Waals surface area contributed by atoms with Crippen LogP contribution in [0.2, 0.25) is 0 Å². The van der Waals surface area contributed by atoms with Gasteiger partial charge in [0.05, 0.1) is 46.2 Å². The molecule has 0 aromatic rings. The SMILES string of the molecule is NCCOCCOCCOCCNC(=O)OC[C@@H]1[C@@H]2CC/C=C\CC[C@@H]21. The molecular formula is C19H34N2O5. The van der Waals surface area contributed by atoms with Gasteiger partial charge in [0.1, 0.15) is 0 Å². The predicted octanol–water partition coefficient (Wildman–Crippen LogP) is 1.71. The molecule has 2 aliphatic rings. The fraction of sp³-hybridized carbons (Fsp3) is 0.842. The number of nitrogens with one attached hydrogen (secondary N) is 1. The number of amides is 1. The molecule has 3 atom stereocenters. The van der Waals surface area contributed by atoms with E-state index in [1.807, 2.05) is 0 Å². The van der Waals surface area contributed by atoms with Gasteiger partial charge in [0.15, 0.2) is 0 Å². The lowest BCUT2D eigenvalue weighted by Gasteiger charge is -2.08. The van der Waals surface area contributed by atoms with Gasteiger partial charge in [-0.05, 0) is 43.4 Å². The minimum absolute atomic E-state index is 0.348. The van der Waals surface area contributed by atoms with Crippen molar-refractivity contribution in [3.63, 3.8) is 0 Å². The number of carbonyl (C=O) groups excluding carboxylic acids is 1. The van der Waals surface area contributed by atoms with Crippen LogP contribution in [0.25, 0.3) is 0 Å². The predicted molar refractivity (Wildman–Crippen MR) is 98.9 cm³/mol. The summed E-state index contributed by atoms with van der Waals surface area (Å²) in [5.74, 6) is 2.05. The van der Waals surface area contributed by atoms with E-state index >= 15 is 0 Å². The first kappa shape index (κ1) is 21.2. The van der Waals surface area contributed by atoms with Gasteiger partial charge in [-0.1, -0.05) is 12.2 Å². The van der Waals surface area contributed by atoms with E-state index in [9.17, 15) is 4.79 Å². The van der Waals surface area contributed by atoms with Crippen LogP contribution in [0.3, 0.4) is 0 Å². The highest BCUT2D eigenvalue weighted by molar-refractivity contribution is 5.67. The molecule has 2 rings (SSSR count). The summed E-state index contributed by atoms with van der Waals surface area (Å²) in [6, 6.07) is 0. The Labute approximate surface area is 156 Å². The molecule has 0 heterocycles. The number of nitrogens with two attached hydrogens (primary N) is 1. The molecule has 1 amide bonds. The second-order valence-corrected chi connectivity index (χ2v) is 6.77. The first-order valence-corrected chi connectivity index (χ1v) is 9.82. The molecule has 150 valence electrons. The molecular weight excluding hydrogens is 336 g/mol. The van der Waals surface area contributed by atoms with Crippen LogP contribution >= 0.6 is 0 Å². The van der Waals surface area contributed by atoms with Gasteiger partial charge in [-0.3, -0.25) is 0 Å². The van der Waals surface area contributed by atoms with Gasteiger partial charge in [-0.2, -0.15) is 0 Å². The number of hydrogen-bond acceptors (Lipinski definition) is 6. The van der Waals surface area contributed by atoms with Crippen molar-refractivity contribution in [2.75, 3.05) is 59.3 Å². The number of allylic oxidation sites excluding steroid dienone is 2. The lowest BCUT2D eigenvalue weighted by Crippen LogP contribution is -2.29. The van der Waals surface area contributed by atoms with Crippen molar-refractivity contribution in [3.05, 3.63) is 12.2 Å². The Morgan fingerprint density at radius 2 is 1.50 bits per heavy atom. The first-order valence-electron chi connectivity index (χ1n) is 9.82. The minimum Gasteiger partial charge on any atom is -0.449 e. The molecule has 26 heavy (non-hydrogen) atoms. The van der Waals surface area contributed by atoms with E-state index in [0.29, 0.717) is 65.3 Å². The van der Waals surface area contributed by atoms with E-state index in [1.165, 1.54) is 12.8 Å². The molecule has 0 saturated heterocycles. The van der Waals surface area contributed by atoms with Crippen molar-refractivity contribution >= 4 is 6.09 Å². The van der Waals surface area contributed by atoms with Gasteiger partial charge in [-0.15, -0.1) is 0 Å². The van der Waals surface area contributed by atoms with E-state index in [0.717, 1.165) is 24.7 Å². The van der Waals surface area contributed by atoms with E-state index in [-0.39, 0.29) is 6.09 Å². The Bertz CT molecular complexity index is 403. The summed E-state index contributed by atoms with van der Waals surface area (Å²) in [6.07, 6.45) is 8.98. The zero-order valence-electron chi connectivity index (χ0n) is 15.7. The average molecular weight is 370 g/mol. The van der Waals surface area contributed by atoms with E-state index in [2.05, 4.69) is 17.5 Å². The molecule has 0 bridgehead atoms. The van der Waals surface area contributed by atoms with E-state index < -0.39 is 0 Å². The fourth-order valence-corrected chi connectivity index (χ4v) is 3.51. The molecule has 2 aliphatic carbocycles. The van der Waals surface area contributed by atoms with Crippen LogP contribution in [0.4, 0.5) is 4.79 Å². The van der Waals surface area contributed by atoms with Gasteiger partial charge < -0.3 is 30.0 Å². The zero-order valence-corrected chi connectivity index (χ0v) is 15.7. The highest BCUT2D eigenvalue weighted by Gasteiger charge is 2.49. The molecule has 0 aliphatic heterocycles. The van der Waals surface area contributed by atoms with Crippen molar-refractivity contribution in [2.45, 2.75) is 25.7 Å². The van der Waals surface area contributed by atoms with Crippen molar-refractivity contribution in [2.24, 2.45) is 23.5 Å². The standard InChI is InChI=1S/C19H34N2O5/c20-7-9-23-11-13-25-14-12-24-10-8-21-19(22)26-15-18-16-5-3-1-2-4-6-17(16)18/h1-2,16-18H,3-15,20H2,(H,21,22)/b2-1-/t16-,17+,18-. The van der Waals surface area contributed by atoms with Crippen LogP contribution in [0.5, 0.6) is 0 Å². The number of alkyl carbamates (subject to hydrolysis) is 1. The first-order chi connectivity index (χ1) is 12.8. The van der Waals surface area contributed by atoms with Crippen LogP contribution in [0.1, 0.15) is 25.7 Å². The topological polar surface area (TPSA) is 92.0 Å². The monoisotopic (exact) mass is 370 g/mol. The summed E-state index contributed by atoms with van der Waals surface area (Å²) >= 11 is 0. The summed E-state index contributed by atoms with van der Waals surface area (Å²) in [7, 11) is 0. The summed E-state index contributed by atoms with van der Waals surface area (Å²) < 4.78 is 21.3. The smallest absolute Gasteiger partial charge is 0.407 e. The quantitative estimate of drug-likeness (QED) is 0.379. The third-order valence-corrected chi connectivity index (χ3v) is 4.94. The van der Waals surface area contributed by atoms with Crippen molar-refractivity contribution in [1.29, 1.82) is 0 Å². The Morgan fingerprint density at radius 3 is 2.12 bits per heavy atom. The third-order valence-electron chi connectivity index (χ3n) is 4.94.